The normalized spacial score (nSPS) is 11.3. The molecule has 0 spiro atoms. The molecule has 7 heteroatoms. The third-order valence-electron chi connectivity index (χ3n) is 8.55. The Morgan fingerprint density at radius 2 is 1.00 bits per heavy atom. The van der Waals surface area contributed by atoms with E-state index in [0.717, 1.165) is 44.3 Å². The minimum Gasteiger partial charge on any atom is -0.454 e. The molecular weight excluding hydrogens is 594 g/mol. The number of nitrogens with zero attached hydrogens (tertiary/aromatic N) is 5. The molecule has 4 aromatic heterocycles. The summed E-state index contributed by atoms with van der Waals surface area (Å²) in [7, 11) is 0. The molecule has 0 bridgehead atoms. The van der Waals surface area contributed by atoms with Crippen molar-refractivity contribution in [2.75, 3.05) is 9.80 Å². The Balaban J connectivity index is 1.20. The van der Waals surface area contributed by atoms with E-state index in [4.69, 9.17) is 18.8 Å². The van der Waals surface area contributed by atoms with Gasteiger partial charge in [-0.05, 0) is 66.7 Å². The van der Waals surface area contributed by atoms with Crippen LogP contribution in [0.25, 0.3) is 44.0 Å². The molecule has 0 saturated heterocycles. The second kappa shape index (κ2) is 11.2. The second-order valence-corrected chi connectivity index (χ2v) is 11.4. The van der Waals surface area contributed by atoms with Gasteiger partial charge in [0.2, 0.25) is 5.71 Å². The zero-order valence-corrected chi connectivity index (χ0v) is 25.5. The van der Waals surface area contributed by atoms with Gasteiger partial charge in [-0.1, -0.05) is 72.8 Å². The molecule has 0 aliphatic heterocycles. The van der Waals surface area contributed by atoms with E-state index < -0.39 is 0 Å². The highest BCUT2D eigenvalue weighted by atomic mass is 16.3. The highest BCUT2D eigenvalue weighted by molar-refractivity contribution is 6.17. The smallest absolute Gasteiger partial charge is 0.229 e. The number of pyridine rings is 2. The van der Waals surface area contributed by atoms with Crippen LogP contribution in [0.2, 0.25) is 0 Å². The molecule has 0 atom stereocenters. The van der Waals surface area contributed by atoms with Gasteiger partial charge in [0.1, 0.15) is 28.9 Å². The monoisotopic (exact) mass is 619 g/mol. The summed E-state index contributed by atoms with van der Waals surface area (Å²) in [6.45, 7) is 0. The Hall–Kier alpha value is -6.91. The van der Waals surface area contributed by atoms with Crippen molar-refractivity contribution in [1.82, 2.24) is 9.97 Å². The summed E-state index contributed by atoms with van der Waals surface area (Å²) >= 11 is 0. The van der Waals surface area contributed by atoms with Gasteiger partial charge >= 0.3 is 0 Å². The number of aromatic nitrogens is 2. The third-order valence-corrected chi connectivity index (χ3v) is 8.55. The number of para-hydroxylation sites is 4. The number of hydrogen-bond donors (Lipinski definition) is 0. The minimum atomic E-state index is 0.325. The van der Waals surface area contributed by atoms with E-state index in [9.17, 15) is 5.26 Å². The second-order valence-electron chi connectivity index (χ2n) is 11.4. The molecule has 0 saturated carbocycles. The Labute approximate surface area is 275 Å². The Bertz CT molecular complexity index is 2370. The molecule has 5 aromatic carbocycles. The molecule has 0 N–H and O–H groups in total. The van der Waals surface area contributed by atoms with Crippen LogP contribution in [-0.4, -0.2) is 9.97 Å². The topological polar surface area (TPSA) is 82.3 Å². The molecular formula is C41H25N5O2. The Morgan fingerprint density at radius 3 is 1.54 bits per heavy atom. The van der Waals surface area contributed by atoms with E-state index >= 15 is 0 Å². The number of rotatable bonds is 6. The number of nitriles is 1. The van der Waals surface area contributed by atoms with Gasteiger partial charge in [-0.2, -0.15) is 10.2 Å². The van der Waals surface area contributed by atoms with Crippen LogP contribution in [0.15, 0.2) is 161 Å². The summed E-state index contributed by atoms with van der Waals surface area (Å²) in [4.78, 5) is 14.0. The van der Waals surface area contributed by atoms with Crippen molar-refractivity contribution in [2.45, 2.75) is 0 Å². The minimum absolute atomic E-state index is 0.325. The van der Waals surface area contributed by atoms with E-state index in [1.807, 2.05) is 152 Å². The quantitative estimate of drug-likeness (QED) is 0.183. The first kappa shape index (κ1) is 27.4. The lowest BCUT2D eigenvalue weighted by atomic mass is 10.1. The van der Waals surface area contributed by atoms with Crippen molar-refractivity contribution in [1.29, 1.82) is 5.26 Å². The molecule has 4 heterocycles. The summed E-state index contributed by atoms with van der Waals surface area (Å²) in [6.07, 6.45) is 1.82. The molecule has 48 heavy (non-hydrogen) atoms. The highest BCUT2D eigenvalue weighted by Gasteiger charge is 2.23. The van der Waals surface area contributed by atoms with Gasteiger partial charge in [0.05, 0.1) is 0 Å². The molecule has 7 nitrogen and oxygen atoms in total. The molecule has 0 radical (unpaired) electrons. The Kier molecular flexibility index (Phi) is 6.37. The average molecular weight is 620 g/mol. The van der Waals surface area contributed by atoms with Crippen LogP contribution in [0.4, 0.5) is 34.4 Å². The van der Waals surface area contributed by atoms with Crippen LogP contribution < -0.4 is 9.80 Å². The third kappa shape index (κ3) is 4.43. The van der Waals surface area contributed by atoms with Gasteiger partial charge in [0.15, 0.2) is 11.2 Å². The van der Waals surface area contributed by atoms with Crippen molar-refractivity contribution in [3.05, 3.63) is 157 Å². The van der Waals surface area contributed by atoms with Gasteiger partial charge in [-0.25, -0.2) is 4.98 Å². The van der Waals surface area contributed by atoms with Crippen LogP contribution in [0, 0.1) is 11.3 Å². The van der Waals surface area contributed by atoms with E-state index in [1.165, 1.54) is 0 Å². The van der Waals surface area contributed by atoms with Crippen molar-refractivity contribution < 1.29 is 8.83 Å². The van der Waals surface area contributed by atoms with E-state index in [0.29, 0.717) is 39.7 Å². The van der Waals surface area contributed by atoms with Crippen molar-refractivity contribution in [2.24, 2.45) is 0 Å². The maximum absolute atomic E-state index is 10.4. The number of furan rings is 2. The first-order valence-corrected chi connectivity index (χ1v) is 15.6. The fourth-order valence-electron chi connectivity index (χ4n) is 6.38. The van der Waals surface area contributed by atoms with Gasteiger partial charge in [-0.3, -0.25) is 9.80 Å². The summed E-state index contributed by atoms with van der Waals surface area (Å²) in [6, 6.07) is 50.6. The number of fused-ring (bicyclic) bond motifs is 6. The molecule has 9 aromatic rings. The predicted molar refractivity (Wildman–Crippen MR) is 191 cm³/mol. The van der Waals surface area contributed by atoms with Gasteiger partial charge in [0.25, 0.3) is 0 Å². The molecule has 9 rings (SSSR count). The summed E-state index contributed by atoms with van der Waals surface area (Å²) < 4.78 is 12.8. The zero-order valence-electron chi connectivity index (χ0n) is 25.5. The standard InChI is InChI=1S/C41H25N5O2/c42-25-34-39-33(35-26-43-38(24-36(35)47-39)46(29-17-9-3-10-18-29)30-19-11-4-12-20-30)23-32-31-21-22-37(44-41(31)48-40(32)34)45(27-13-5-1-6-14-27)28-15-7-2-8-16-28/h1-24,26H. The zero-order chi connectivity index (χ0) is 32.0. The van der Waals surface area contributed by atoms with Crippen LogP contribution in [0.5, 0.6) is 0 Å². The van der Waals surface area contributed by atoms with E-state index in [1.54, 1.807) is 0 Å². The van der Waals surface area contributed by atoms with Gasteiger partial charge in [-0.15, -0.1) is 0 Å². The lowest BCUT2D eigenvalue weighted by molar-refractivity contribution is 0.645. The van der Waals surface area contributed by atoms with Crippen molar-refractivity contribution >= 4 is 78.4 Å². The fourth-order valence-corrected chi connectivity index (χ4v) is 6.38. The average Bonchev–Trinajstić information content (AvgIpc) is 3.70. The maximum Gasteiger partial charge on any atom is 0.229 e. The molecule has 0 amide bonds. The number of anilines is 6. The summed E-state index contributed by atoms with van der Waals surface area (Å²) in [5.41, 5.74) is 6.17. The van der Waals surface area contributed by atoms with Crippen LogP contribution in [0.3, 0.4) is 0 Å². The predicted octanol–water partition coefficient (Wildman–Crippen LogP) is 11.1. The molecule has 0 aliphatic rings. The summed E-state index contributed by atoms with van der Waals surface area (Å²) in [5, 5.41) is 13.7. The van der Waals surface area contributed by atoms with Crippen LogP contribution in [-0.2, 0) is 0 Å². The fraction of sp³-hybridized carbons (Fsp3) is 0. The first-order chi connectivity index (χ1) is 23.8. The van der Waals surface area contributed by atoms with Gasteiger partial charge in [0, 0.05) is 56.6 Å². The Morgan fingerprint density at radius 1 is 0.500 bits per heavy atom. The molecule has 0 unspecified atom stereocenters. The van der Waals surface area contributed by atoms with Crippen molar-refractivity contribution in [3.63, 3.8) is 0 Å². The van der Waals surface area contributed by atoms with Gasteiger partial charge < -0.3 is 8.83 Å². The van der Waals surface area contributed by atoms with E-state index in [2.05, 4.69) is 15.9 Å². The highest BCUT2D eigenvalue weighted by Crippen LogP contribution is 2.42. The SMILES string of the molecule is N#Cc1c2oc3cc(N(c4ccccc4)c4ccccc4)ncc3c2cc2c1oc1nc(N(c3ccccc3)c3ccccc3)ccc12. The lowest BCUT2D eigenvalue weighted by Crippen LogP contribution is -2.11. The number of benzene rings is 5. The molecule has 0 fully saturated rings. The van der Waals surface area contributed by atoms with Crippen LogP contribution >= 0.6 is 0 Å². The lowest BCUT2D eigenvalue weighted by Gasteiger charge is -2.24. The molecule has 0 aliphatic carbocycles. The summed E-state index contributed by atoms with van der Waals surface area (Å²) in [5.74, 6) is 1.40. The van der Waals surface area contributed by atoms with E-state index in [-0.39, 0.29) is 0 Å². The van der Waals surface area contributed by atoms with Crippen LogP contribution in [0.1, 0.15) is 5.56 Å². The largest absolute Gasteiger partial charge is 0.454 e. The number of hydrogen-bond acceptors (Lipinski definition) is 7. The van der Waals surface area contributed by atoms with Crippen molar-refractivity contribution in [3.8, 4) is 6.07 Å². The first-order valence-electron chi connectivity index (χ1n) is 15.6. The maximum atomic E-state index is 10.4. The molecule has 226 valence electrons.